The van der Waals surface area contributed by atoms with Gasteiger partial charge >= 0.3 is 0 Å². The lowest BCUT2D eigenvalue weighted by molar-refractivity contribution is 0.386. The molecule has 1 aromatic heterocycles. The summed E-state index contributed by atoms with van der Waals surface area (Å²) in [5.41, 5.74) is 7.20. The molecule has 0 amide bonds. The van der Waals surface area contributed by atoms with Crippen LogP contribution in [0, 0.1) is 5.82 Å². The maximum Gasteiger partial charge on any atom is 0.165 e. The smallest absolute Gasteiger partial charge is 0.165 e. The van der Waals surface area contributed by atoms with Crippen molar-refractivity contribution in [2.75, 3.05) is 7.11 Å². The highest BCUT2D eigenvalue weighted by Gasteiger charge is 2.10. The van der Waals surface area contributed by atoms with Crippen molar-refractivity contribution in [3.63, 3.8) is 0 Å². The van der Waals surface area contributed by atoms with Crippen LogP contribution in [0.4, 0.5) is 4.39 Å². The third kappa shape index (κ3) is 2.45. The summed E-state index contributed by atoms with van der Waals surface area (Å²) >= 11 is 1.48. The zero-order valence-electron chi connectivity index (χ0n) is 9.61. The van der Waals surface area contributed by atoms with E-state index < -0.39 is 0 Å². The topological polar surface area (TPSA) is 48.1 Å². The minimum absolute atomic E-state index is 0.100. The van der Waals surface area contributed by atoms with Crippen molar-refractivity contribution < 1.29 is 9.13 Å². The Bertz CT molecular complexity index is 525. The second-order valence-electron chi connectivity index (χ2n) is 3.71. The lowest BCUT2D eigenvalue weighted by Crippen LogP contribution is -2.03. The Hall–Kier alpha value is -1.46. The molecule has 1 aromatic carbocycles. The summed E-state index contributed by atoms with van der Waals surface area (Å²) < 4.78 is 18.4. The largest absolute Gasteiger partial charge is 0.494 e. The van der Waals surface area contributed by atoms with Gasteiger partial charge in [0.05, 0.1) is 18.8 Å². The summed E-state index contributed by atoms with van der Waals surface area (Å²) in [6.07, 6.45) is 0. The van der Waals surface area contributed by atoms with Gasteiger partial charge < -0.3 is 10.5 Å². The Labute approximate surface area is 103 Å². The van der Waals surface area contributed by atoms with Crippen LogP contribution < -0.4 is 10.5 Å². The van der Waals surface area contributed by atoms with Gasteiger partial charge in [-0.3, -0.25) is 0 Å². The summed E-state index contributed by atoms with van der Waals surface area (Å²) in [6, 6.07) is 4.69. The molecule has 2 N–H and O–H groups in total. The summed E-state index contributed by atoms with van der Waals surface area (Å²) in [5.74, 6) is -0.156. The van der Waals surface area contributed by atoms with E-state index in [1.165, 1.54) is 24.5 Å². The van der Waals surface area contributed by atoms with Gasteiger partial charge in [0, 0.05) is 10.9 Å². The molecule has 0 fully saturated rings. The highest BCUT2D eigenvalue weighted by atomic mass is 32.1. The number of halogens is 1. The molecule has 3 nitrogen and oxygen atoms in total. The summed E-state index contributed by atoms with van der Waals surface area (Å²) in [4.78, 5) is 4.36. The van der Waals surface area contributed by atoms with Gasteiger partial charge in [0.25, 0.3) is 0 Å². The van der Waals surface area contributed by atoms with E-state index in [9.17, 15) is 4.39 Å². The Balaban J connectivity index is 2.36. The van der Waals surface area contributed by atoms with E-state index >= 15 is 0 Å². The number of ether oxygens (including phenoxy) is 1. The zero-order valence-corrected chi connectivity index (χ0v) is 10.4. The van der Waals surface area contributed by atoms with Crippen LogP contribution in [-0.4, -0.2) is 12.1 Å². The average Bonchev–Trinajstić information content (AvgIpc) is 2.78. The van der Waals surface area contributed by atoms with Gasteiger partial charge in [-0.15, -0.1) is 11.3 Å². The molecule has 2 rings (SSSR count). The van der Waals surface area contributed by atoms with Gasteiger partial charge in [-0.1, -0.05) is 0 Å². The molecule has 0 aliphatic rings. The van der Waals surface area contributed by atoms with E-state index in [-0.39, 0.29) is 17.6 Å². The first-order valence-corrected chi connectivity index (χ1v) is 6.04. The first-order chi connectivity index (χ1) is 8.11. The molecular formula is C12H13FN2OS. The van der Waals surface area contributed by atoms with Crippen LogP contribution in [0.15, 0.2) is 23.6 Å². The summed E-state index contributed by atoms with van der Waals surface area (Å²) in [5, 5.41) is 2.72. The van der Waals surface area contributed by atoms with Crippen molar-refractivity contribution in [1.82, 2.24) is 4.98 Å². The highest BCUT2D eigenvalue weighted by Crippen LogP contribution is 2.27. The molecule has 0 aliphatic heterocycles. The van der Waals surface area contributed by atoms with E-state index in [4.69, 9.17) is 10.5 Å². The average molecular weight is 252 g/mol. The summed E-state index contributed by atoms with van der Waals surface area (Å²) in [6.45, 7) is 1.87. The minimum Gasteiger partial charge on any atom is -0.494 e. The molecule has 90 valence electrons. The number of aromatic nitrogens is 1. The number of rotatable bonds is 3. The van der Waals surface area contributed by atoms with E-state index in [2.05, 4.69) is 4.98 Å². The van der Waals surface area contributed by atoms with Gasteiger partial charge in [-0.2, -0.15) is 0 Å². The number of nitrogens with zero attached hydrogens (tertiary/aromatic N) is 1. The monoisotopic (exact) mass is 252 g/mol. The van der Waals surface area contributed by atoms with Crippen molar-refractivity contribution in [2.24, 2.45) is 5.73 Å². The lowest BCUT2D eigenvalue weighted by Gasteiger charge is -2.03. The zero-order chi connectivity index (χ0) is 12.4. The van der Waals surface area contributed by atoms with Crippen molar-refractivity contribution >= 4 is 11.3 Å². The molecule has 0 aliphatic carbocycles. The SMILES string of the molecule is COc1ccc(-c2csc(C(C)N)n2)cc1F. The second kappa shape index (κ2) is 4.81. The molecule has 0 radical (unpaired) electrons. The van der Waals surface area contributed by atoms with Crippen LogP contribution in [0.25, 0.3) is 11.3 Å². The van der Waals surface area contributed by atoms with Crippen LogP contribution in [0.3, 0.4) is 0 Å². The Morgan fingerprint density at radius 1 is 1.47 bits per heavy atom. The third-order valence-corrected chi connectivity index (χ3v) is 3.40. The van der Waals surface area contributed by atoms with Crippen LogP contribution in [0.5, 0.6) is 5.75 Å². The molecular weight excluding hydrogens is 239 g/mol. The lowest BCUT2D eigenvalue weighted by atomic mass is 10.1. The number of methoxy groups -OCH3 is 1. The molecule has 0 saturated carbocycles. The molecule has 5 heteroatoms. The molecule has 0 spiro atoms. The van der Waals surface area contributed by atoms with Crippen molar-refractivity contribution in [3.8, 4) is 17.0 Å². The van der Waals surface area contributed by atoms with Crippen molar-refractivity contribution in [3.05, 3.63) is 34.4 Å². The molecule has 1 atom stereocenters. The van der Waals surface area contributed by atoms with E-state index in [1.54, 1.807) is 12.1 Å². The first kappa shape index (κ1) is 12.0. The van der Waals surface area contributed by atoms with E-state index in [0.717, 1.165) is 16.3 Å². The fraction of sp³-hybridized carbons (Fsp3) is 0.250. The van der Waals surface area contributed by atoms with Crippen molar-refractivity contribution in [1.29, 1.82) is 0 Å². The van der Waals surface area contributed by atoms with Gasteiger partial charge in [0.2, 0.25) is 0 Å². The minimum atomic E-state index is -0.389. The number of benzene rings is 1. The third-order valence-electron chi connectivity index (χ3n) is 2.36. The van der Waals surface area contributed by atoms with Crippen molar-refractivity contribution in [2.45, 2.75) is 13.0 Å². The van der Waals surface area contributed by atoms with Gasteiger partial charge in [0.1, 0.15) is 5.01 Å². The van der Waals surface area contributed by atoms with Gasteiger partial charge in [-0.25, -0.2) is 9.37 Å². The quantitative estimate of drug-likeness (QED) is 0.913. The van der Waals surface area contributed by atoms with Crippen LogP contribution in [0.1, 0.15) is 18.0 Å². The van der Waals surface area contributed by atoms with E-state index in [1.807, 2.05) is 12.3 Å². The number of thiazole rings is 1. The molecule has 1 unspecified atom stereocenters. The number of hydrogen-bond donors (Lipinski definition) is 1. The number of hydrogen-bond acceptors (Lipinski definition) is 4. The Kier molecular flexibility index (Phi) is 3.40. The Morgan fingerprint density at radius 2 is 2.24 bits per heavy atom. The molecule has 0 saturated heterocycles. The first-order valence-electron chi connectivity index (χ1n) is 5.16. The van der Waals surface area contributed by atoms with Crippen LogP contribution in [0.2, 0.25) is 0 Å². The van der Waals surface area contributed by atoms with Gasteiger partial charge in [0.15, 0.2) is 11.6 Å². The molecule has 0 bridgehead atoms. The maximum atomic E-state index is 13.5. The highest BCUT2D eigenvalue weighted by molar-refractivity contribution is 7.10. The second-order valence-corrected chi connectivity index (χ2v) is 4.60. The predicted octanol–water partition coefficient (Wildman–Crippen LogP) is 2.98. The maximum absolute atomic E-state index is 13.5. The van der Waals surface area contributed by atoms with Crippen LogP contribution >= 0.6 is 11.3 Å². The molecule has 1 heterocycles. The van der Waals surface area contributed by atoms with E-state index in [0.29, 0.717) is 0 Å². The molecule has 2 aromatic rings. The summed E-state index contributed by atoms with van der Waals surface area (Å²) in [7, 11) is 1.44. The fourth-order valence-corrected chi connectivity index (χ4v) is 2.24. The molecule has 17 heavy (non-hydrogen) atoms. The Morgan fingerprint density at radius 3 is 2.76 bits per heavy atom. The fourth-order valence-electron chi connectivity index (χ4n) is 1.46. The normalized spacial score (nSPS) is 12.5. The predicted molar refractivity (Wildman–Crippen MR) is 66.7 cm³/mol. The van der Waals surface area contributed by atoms with Gasteiger partial charge in [-0.05, 0) is 25.1 Å². The van der Waals surface area contributed by atoms with Crippen LogP contribution in [-0.2, 0) is 0 Å². The number of nitrogens with two attached hydrogens (primary N) is 1. The standard InChI is InChI=1S/C12H13FN2OS/c1-7(14)12-15-10(6-17-12)8-3-4-11(16-2)9(13)5-8/h3-7H,14H2,1-2H3.